The normalized spacial score (nSPS) is 13.3. The number of alkyl halides is 3. The minimum atomic E-state index is -4.42. The van der Waals surface area contributed by atoms with Gasteiger partial charge in [0.2, 0.25) is 0 Å². The van der Waals surface area contributed by atoms with Crippen molar-refractivity contribution < 1.29 is 22.8 Å². The van der Waals surface area contributed by atoms with Gasteiger partial charge in [-0.05, 0) is 49.7 Å². The van der Waals surface area contributed by atoms with E-state index in [0.717, 1.165) is 13.8 Å². The van der Waals surface area contributed by atoms with Gasteiger partial charge in [-0.1, -0.05) is 32.0 Å². The van der Waals surface area contributed by atoms with Gasteiger partial charge in [-0.2, -0.15) is 23.5 Å². The number of rotatable bonds is 4. The van der Waals surface area contributed by atoms with Crippen LogP contribution in [0.25, 0.3) is 0 Å². The van der Waals surface area contributed by atoms with Crippen LogP contribution in [0.3, 0.4) is 0 Å². The molecule has 0 saturated heterocycles. The van der Waals surface area contributed by atoms with Crippen molar-refractivity contribution in [3.63, 3.8) is 0 Å². The van der Waals surface area contributed by atoms with Crippen LogP contribution in [0, 0.1) is 11.3 Å². The summed E-state index contributed by atoms with van der Waals surface area (Å²) >= 11 is 0. The number of aromatic nitrogens is 2. The molecular formula is C26H26F3N5O2. The van der Waals surface area contributed by atoms with Crippen molar-refractivity contribution in [2.24, 2.45) is 0 Å². The van der Waals surface area contributed by atoms with Gasteiger partial charge in [0.05, 0.1) is 35.4 Å². The molecule has 0 fully saturated rings. The quantitative estimate of drug-likeness (QED) is 0.513. The predicted molar refractivity (Wildman–Crippen MR) is 130 cm³/mol. The second kappa shape index (κ2) is 10.2. The highest BCUT2D eigenvalue weighted by Crippen LogP contribution is 2.41. The number of hydrogen-bond acceptors (Lipinski definition) is 4. The second-order valence-electron chi connectivity index (χ2n) is 8.40. The monoisotopic (exact) mass is 497 g/mol. The van der Waals surface area contributed by atoms with Crippen molar-refractivity contribution in [2.75, 3.05) is 16.8 Å². The fraction of sp³-hybridized carbons (Fsp3) is 0.308. The predicted octanol–water partition coefficient (Wildman–Crippen LogP) is 5.53. The molecular weight excluding hydrogens is 471 g/mol. The van der Waals surface area contributed by atoms with Crippen LogP contribution >= 0.6 is 0 Å². The first-order valence-electron chi connectivity index (χ1n) is 11.4. The molecule has 1 N–H and O–H groups in total. The summed E-state index contributed by atoms with van der Waals surface area (Å²) in [5, 5.41) is 15.8. The Bertz CT molecular complexity index is 1300. The van der Waals surface area contributed by atoms with E-state index in [1.807, 2.05) is 19.9 Å². The Balaban J connectivity index is 0.00000176. The highest BCUT2D eigenvalue weighted by atomic mass is 19.4. The molecule has 0 atom stereocenters. The average Bonchev–Trinajstić information content (AvgIpc) is 3.30. The first-order chi connectivity index (χ1) is 17.0. The average molecular weight is 498 g/mol. The lowest BCUT2D eigenvalue weighted by molar-refractivity contribution is -0.180. The molecule has 2 heterocycles. The Morgan fingerprint density at radius 3 is 2.36 bits per heavy atom. The standard InChI is InChI=1S/C24H20F3N5O2.C2H6/c1-23(2,24(25,26)27)16-6-8-18(9-7-16)31-10-11-32-20(22(31)34)19(14-29-32)21(33)30-17-5-3-4-15(12-17)13-28;1-2/h3-9,12,14H,10-11H2,1-2H3,(H,30,33);1-2H3. The zero-order valence-corrected chi connectivity index (χ0v) is 20.3. The SMILES string of the molecule is CC.CC(C)(c1ccc(N2CCn3ncc(C(=O)Nc4cccc(C#N)c4)c3C2=O)cc1)C(F)(F)F. The number of anilines is 2. The number of nitrogens with one attached hydrogen (secondary N) is 1. The molecule has 7 nitrogen and oxygen atoms in total. The maximum atomic E-state index is 13.4. The van der Waals surface area contributed by atoms with Crippen LogP contribution in [-0.2, 0) is 12.0 Å². The Kier molecular flexibility index (Phi) is 7.53. The van der Waals surface area contributed by atoms with Gasteiger partial charge in [-0.3, -0.25) is 14.3 Å². The Labute approximate surface area is 207 Å². The van der Waals surface area contributed by atoms with Crippen LogP contribution in [0.2, 0.25) is 0 Å². The second-order valence-corrected chi connectivity index (χ2v) is 8.40. The number of carbonyl (C=O) groups is 2. The number of nitrogens with zero attached hydrogens (tertiary/aromatic N) is 4. The third kappa shape index (κ3) is 4.96. The largest absolute Gasteiger partial charge is 0.397 e. The lowest BCUT2D eigenvalue weighted by atomic mass is 9.84. The minimum absolute atomic E-state index is 0.0619. The molecule has 0 radical (unpaired) electrons. The number of nitriles is 1. The number of halogens is 3. The van der Waals surface area contributed by atoms with Crippen molar-refractivity contribution in [1.29, 1.82) is 5.26 Å². The molecule has 0 saturated carbocycles. The van der Waals surface area contributed by atoms with Gasteiger partial charge < -0.3 is 10.2 Å². The Hall–Kier alpha value is -4.13. The summed E-state index contributed by atoms with van der Waals surface area (Å²) in [5.41, 5.74) is -0.623. The summed E-state index contributed by atoms with van der Waals surface area (Å²) in [4.78, 5) is 27.5. The number of fused-ring (bicyclic) bond motifs is 1. The number of carbonyl (C=O) groups excluding carboxylic acids is 2. The molecule has 10 heteroatoms. The van der Waals surface area contributed by atoms with E-state index in [1.54, 1.807) is 18.2 Å². The molecule has 0 bridgehead atoms. The van der Waals surface area contributed by atoms with Crippen molar-refractivity contribution in [2.45, 2.75) is 45.8 Å². The molecule has 36 heavy (non-hydrogen) atoms. The van der Waals surface area contributed by atoms with E-state index in [1.165, 1.54) is 46.1 Å². The number of hydrogen-bond donors (Lipinski definition) is 1. The van der Waals surface area contributed by atoms with E-state index < -0.39 is 23.4 Å². The Morgan fingerprint density at radius 1 is 1.08 bits per heavy atom. The zero-order chi connectivity index (χ0) is 26.7. The highest BCUT2D eigenvalue weighted by molar-refractivity contribution is 6.15. The molecule has 0 aliphatic carbocycles. The van der Waals surface area contributed by atoms with E-state index in [4.69, 9.17) is 5.26 Å². The highest BCUT2D eigenvalue weighted by Gasteiger charge is 2.48. The molecule has 0 spiro atoms. The lowest BCUT2D eigenvalue weighted by Crippen LogP contribution is -2.41. The summed E-state index contributed by atoms with van der Waals surface area (Å²) < 4.78 is 41.5. The third-order valence-electron chi connectivity index (χ3n) is 5.93. The fourth-order valence-electron chi connectivity index (χ4n) is 3.70. The van der Waals surface area contributed by atoms with Gasteiger partial charge in [-0.25, -0.2) is 0 Å². The first kappa shape index (κ1) is 26.5. The molecule has 1 aliphatic rings. The van der Waals surface area contributed by atoms with Crippen LogP contribution < -0.4 is 10.2 Å². The van der Waals surface area contributed by atoms with Crippen molar-refractivity contribution in [3.05, 3.63) is 77.1 Å². The summed E-state index contributed by atoms with van der Waals surface area (Å²) in [5.74, 6) is -1.05. The number of amides is 2. The summed E-state index contributed by atoms with van der Waals surface area (Å²) in [6.07, 6.45) is -3.12. The molecule has 1 aliphatic heterocycles. The molecule has 2 aromatic carbocycles. The van der Waals surface area contributed by atoms with Crippen molar-refractivity contribution >= 4 is 23.2 Å². The van der Waals surface area contributed by atoms with Gasteiger partial charge in [0, 0.05) is 17.9 Å². The van der Waals surface area contributed by atoms with Gasteiger partial charge in [0.1, 0.15) is 5.69 Å². The molecule has 3 aromatic rings. The van der Waals surface area contributed by atoms with E-state index in [0.29, 0.717) is 23.5 Å². The molecule has 0 unspecified atom stereocenters. The first-order valence-corrected chi connectivity index (χ1v) is 11.4. The van der Waals surface area contributed by atoms with Crippen LogP contribution in [0.1, 0.15) is 59.7 Å². The van der Waals surface area contributed by atoms with Gasteiger partial charge in [0.15, 0.2) is 0 Å². The van der Waals surface area contributed by atoms with E-state index >= 15 is 0 Å². The molecule has 188 valence electrons. The van der Waals surface area contributed by atoms with E-state index in [2.05, 4.69) is 10.4 Å². The van der Waals surface area contributed by atoms with Gasteiger partial charge >= 0.3 is 6.18 Å². The summed E-state index contributed by atoms with van der Waals surface area (Å²) in [7, 11) is 0. The van der Waals surface area contributed by atoms with Crippen LogP contribution in [0.15, 0.2) is 54.7 Å². The van der Waals surface area contributed by atoms with Crippen LogP contribution in [0.4, 0.5) is 24.5 Å². The maximum absolute atomic E-state index is 13.4. The lowest BCUT2D eigenvalue weighted by Gasteiger charge is -2.30. The molecule has 1 aromatic heterocycles. The topological polar surface area (TPSA) is 91.0 Å². The van der Waals surface area contributed by atoms with Gasteiger partial charge in [-0.15, -0.1) is 0 Å². The van der Waals surface area contributed by atoms with Crippen LogP contribution in [-0.4, -0.2) is 34.3 Å². The Morgan fingerprint density at radius 2 is 1.75 bits per heavy atom. The van der Waals surface area contributed by atoms with Gasteiger partial charge in [0.25, 0.3) is 11.8 Å². The smallest absolute Gasteiger partial charge is 0.322 e. The molecule has 4 rings (SSSR count). The summed E-state index contributed by atoms with van der Waals surface area (Å²) in [6, 6.07) is 14.0. The van der Waals surface area contributed by atoms with Crippen LogP contribution in [0.5, 0.6) is 0 Å². The maximum Gasteiger partial charge on any atom is 0.397 e. The third-order valence-corrected chi connectivity index (χ3v) is 5.93. The van der Waals surface area contributed by atoms with Crippen molar-refractivity contribution in [1.82, 2.24) is 9.78 Å². The summed E-state index contributed by atoms with van der Waals surface area (Å²) in [6.45, 7) is 6.77. The van der Waals surface area contributed by atoms with Crippen molar-refractivity contribution in [3.8, 4) is 6.07 Å². The number of benzene rings is 2. The van der Waals surface area contributed by atoms with E-state index in [-0.39, 0.29) is 23.4 Å². The van der Waals surface area contributed by atoms with E-state index in [9.17, 15) is 22.8 Å². The minimum Gasteiger partial charge on any atom is -0.322 e. The molecule has 2 amide bonds. The fourth-order valence-corrected chi connectivity index (χ4v) is 3.70. The zero-order valence-electron chi connectivity index (χ0n) is 20.3.